The van der Waals surface area contributed by atoms with Crippen LogP contribution in [-0.2, 0) is 10.0 Å². The summed E-state index contributed by atoms with van der Waals surface area (Å²) in [5, 5.41) is 4.13. The van der Waals surface area contributed by atoms with Crippen molar-refractivity contribution in [2.24, 2.45) is 0 Å². The van der Waals surface area contributed by atoms with Crippen molar-refractivity contribution in [3.8, 4) is 11.4 Å². The number of hydrogen-bond donors (Lipinski definition) is 0. The second-order valence-corrected chi connectivity index (χ2v) is 10.9. The molecule has 1 saturated heterocycles. The highest BCUT2D eigenvalue weighted by molar-refractivity contribution is 7.98. The van der Waals surface area contributed by atoms with Crippen molar-refractivity contribution in [2.45, 2.75) is 48.3 Å². The van der Waals surface area contributed by atoms with Crippen molar-refractivity contribution in [1.82, 2.24) is 14.4 Å². The lowest BCUT2D eigenvalue weighted by Gasteiger charge is -2.30. The molecule has 0 spiro atoms. The Morgan fingerprint density at radius 1 is 1.10 bits per heavy atom. The quantitative estimate of drug-likeness (QED) is 0.477. The van der Waals surface area contributed by atoms with Crippen LogP contribution in [0.5, 0.6) is 0 Å². The van der Waals surface area contributed by atoms with Gasteiger partial charge in [-0.15, -0.1) is 11.8 Å². The van der Waals surface area contributed by atoms with Gasteiger partial charge in [0.25, 0.3) is 0 Å². The first-order valence-corrected chi connectivity index (χ1v) is 13.1. The Bertz CT molecular complexity index is 1120. The molecule has 0 N–H and O–H groups in total. The van der Waals surface area contributed by atoms with Crippen molar-refractivity contribution < 1.29 is 12.9 Å². The molecule has 8 heteroatoms. The Labute approximate surface area is 188 Å². The molecule has 0 bridgehead atoms. The molecular weight excluding hydrogens is 430 g/mol. The second kappa shape index (κ2) is 9.14. The Morgan fingerprint density at radius 3 is 2.45 bits per heavy atom. The summed E-state index contributed by atoms with van der Waals surface area (Å²) < 4.78 is 33.5. The Kier molecular flexibility index (Phi) is 6.50. The van der Waals surface area contributed by atoms with E-state index in [0.29, 0.717) is 35.6 Å². The highest BCUT2D eigenvalue weighted by atomic mass is 32.2. The van der Waals surface area contributed by atoms with Crippen molar-refractivity contribution in [3.05, 3.63) is 60.0 Å². The Hall–Kier alpha value is -2.16. The molecule has 1 aliphatic heterocycles. The van der Waals surface area contributed by atoms with Gasteiger partial charge < -0.3 is 4.52 Å². The minimum absolute atomic E-state index is 0.106. The highest BCUT2D eigenvalue weighted by Crippen LogP contribution is 2.31. The summed E-state index contributed by atoms with van der Waals surface area (Å²) in [6.45, 7) is 5.03. The van der Waals surface area contributed by atoms with Crippen molar-refractivity contribution in [1.29, 1.82) is 0 Å². The summed E-state index contributed by atoms with van der Waals surface area (Å²) in [6.07, 6.45) is 3.61. The Balaban J connectivity index is 1.51. The molecular formula is C23H27N3O3S2. The predicted molar refractivity (Wildman–Crippen MR) is 123 cm³/mol. The maximum atomic E-state index is 13.2. The zero-order valence-electron chi connectivity index (χ0n) is 18.0. The average Bonchev–Trinajstić information content (AvgIpc) is 3.30. The normalized spacial score (nSPS) is 17.9. The van der Waals surface area contributed by atoms with E-state index in [2.05, 4.69) is 24.0 Å². The predicted octanol–water partition coefficient (Wildman–Crippen LogP) is 5.15. The zero-order valence-corrected chi connectivity index (χ0v) is 19.6. The summed E-state index contributed by atoms with van der Waals surface area (Å²) in [5.41, 5.74) is 2.01. The van der Waals surface area contributed by atoms with Gasteiger partial charge in [0.2, 0.25) is 21.7 Å². The number of piperidine rings is 1. The van der Waals surface area contributed by atoms with E-state index in [1.807, 2.05) is 42.7 Å². The van der Waals surface area contributed by atoms with Crippen molar-refractivity contribution in [3.63, 3.8) is 0 Å². The smallest absolute Gasteiger partial charge is 0.243 e. The van der Waals surface area contributed by atoms with E-state index in [1.165, 1.54) is 4.90 Å². The lowest BCUT2D eigenvalue weighted by molar-refractivity contribution is 0.265. The molecule has 4 rings (SSSR count). The largest absolute Gasteiger partial charge is 0.339 e. The van der Waals surface area contributed by atoms with E-state index in [4.69, 9.17) is 4.52 Å². The van der Waals surface area contributed by atoms with Gasteiger partial charge in [-0.25, -0.2) is 8.42 Å². The molecule has 164 valence electrons. The molecule has 0 saturated carbocycles. The van der Waals surface area contributed by atoms with E-state index in [9.17, 15) is 8.42 Å². The van der Waals surface area contributed by atoms with E-state index in [-0.39, 0.29) is 5.92 Å². The third kappa shape index (κ3) is 4.71. The van der Waals surface area contributed by atoms with Gasteiger partial charge >= 0.3 is 0 Å². The van der Waals surface area contributed by atoms with Crippen LogP contribution in [0.25, 0.3) is 11.4 Å². The fourth-order valence-corrected chi connectivity index (χ4v) is 5.73. The van der Waals surface area contributed by atoms with E-state index in [0.717, 1.165) is 24.0 Å². The number of thioether (sulfide) groups is 1. The molecule has 6 nitrogen and oxygen atoms in total. The molecule has 1 fully saturated rings. The number of rotatable bonds is 6. The molecule has 1 aromatic heterocycles. The molecule has 0 amide bonds. The van der Waals surface area contributed by atoms with Gasteiger partial charge in [0.1, 0.15) is 0 Å². The molecule has 0 aliphatic carbocycles. The molecule has 2 heterocycles. The molecule has 31 heavy (non-hydrogen) atoms. The summed E-state index contributed by atoms with van der Waals surface area (Å²) in [6, 6.07) is 15.2. The topological polar surface area (TPSA) is 76.3 Å². The molecule has 1 unspecified atom stereocenters. The van der Waals surface area contributed by atoms with Gasteiger partial charge in [0, 0.05) is 23.5 Å². The van der Waals surface area contributed by atoms with Crippen LogP contribution in [0.3, 0.4) is 0 Å². The van der Waals surface area contributed by atoms with Crippen molar-refractivity contribution in [2.75, 3.05) is 19.3 Å². The van der Waals surface area contributed by atoms with Gasteiger partial charge in [-0.3, -0.25) is 0 Å². The third-order valence-corrected chi connectivity index (χ3v) is 8.33. The zero-order chi connectivity index (χ0) is 22.0. The van der Waals surface area contributed by atoms with Gasteiger partial charge in [-0.1, -0.05) is 31.1 Å². The number of nitrogens with zero attached hydrogens (tertiary/aromatic N) is 3. The number of hydrogen-bond acceptors (Lipinski definition) is 6. The third-order valence-electron chi connectivity index (χ3n) is 5.71. The van der Waals surface area contributed by atoms with Crippen LogP contribution in [0, 0.1) is 0 Å². The van der Waals surface area contributed by atoms with Crippen LogP contribution in [0.1, 0.15) is 50.0 Å². The lowest BCUT2D eigenvalue weighted by Crippen LogP contribution is -2.39. The minimum atomic E-state index is -3.56. The van der Waals surface area contributed by atoms with Crippen LogP contribution >= 0.6 is 11.8 Å². The van der Waals surface area contributed by atoms with E-state index >= 15 is 0 Å². The first-order valence-electron chi connectivity index (χ1n) is 10.5. The number of sulfonamides is 1. The van der Waals surface area contributed by atoms with E-state index < -0.39 is 10.0 Å². The van der Waals surface area contributed by atoms with Crippen LogP contribution < -0.4 is 0 Å². The molecule has 1 atom stereocenters. The van der Waals surface area contributed by atoms with Gasteiger partial charge in [-0.05, 0) is 67.0 Å². The van der Waals surface area contributed by atoms with Gasteiger partial charge in [-0.2, -0.15) is 9.29 Å². The SMILES string of the molecule is CSc1ccc(-c2noc(C3CCCN(S(=O)(=O)c4ccc(C(C)C)cc4)C3)n2)cc1. The number of aromatic nitrogens is 2. The second-order valence-electron chi connectivity index (χ2n) is 8.11. The number of benzene rings is 2. The van der Waals surface area contributed by atoms with Crippen LogP contribution in [0.4, 0.5) is 0 Å². The average molecular weight is 458 g/mol. The van der Waals surface area contributed by atoms with Crippen LogP contribution in [-0.4, -0.2) is 42.2 Å². The Morgan fingerprint density at radius 2 is 1.81 bits per heavy atom. The first-order chi connectivity index (χ1) is 14.9. The summed E-state index contributed by atoms with van der Waals surface area (Å²) in [7, 11) is -3.56. The van der Waals surface area contributed by atoms with Crippen LogP contribution in [0.2, 0.25) is 0 Å². The fraction of sp³-hybridized carbons (Fsp3) is 0.391. The van der Waals surface area contributed by atoms with Crippen LogP contribution in [0.15, 0.2) is 62.8 Å². The van der Waals surface area contributed by atoms with Gasteiger partial charge in [0.15, 0.2) is 0 Å². The summed E-state index contributed by atoms with van der Waals surface area (Å²) in [4.78, 5) is 6.07. The summed E-state index contributed by atoms with van der Waals surface area (Å²) >= 11 is 1.68. The molecule has 1 aliphatic rings. The minimum Gasteiger partial charge on any atom is -0.339 e. The molecule has 0 radical (unpaired) electrons. The standard InChI is InChI=1S/C23H27N3O3S2/c1-16(2)17-8-12-21(13-9-17)31(27,28)26-14-4-5-19(15-26)23-24-22(25-29-23)18-6-10-20(30-3)11-7-18/h6-13,16,19H,4-5,14-15H2,1-3H3. The lowest BCUT2D eigenvalue weighted by atomic mass is 10.00. The first kappa shape index (κ1) is 22.0. The highest BCUT2D eigenvalue weighted by Gasteiger charge is 2.33. The molecule has 2 aromatic carbocycles. The summed E-state index contributed by atoms with van der Waals surface area (Å²) in [5.74, 6) is 1.29. The fourth-order valence-electron chi connectivity index (χ4n) is 3.79. The van der Waals surface area contributed by atoms with Gasteiger partial charge in [0.05, 0.1) is 10.8 Å². The maximum Gasteiger partial charge on any atom is 0.243 e. The van der Waals surface area contributed by atoms with E-state index in [1.54, 1.807) is 28.2 Å². The molecule has 3 aromatic rings. The van der Waals surface area contributed by atoms with Crippen molar-refractivity contribution >= 4 is 21.8 Å². The monoisotopic (exact) mass is 457 g/mol. The maximum absolute atomic E-state index is 13.2.